The molecule has 28 heavy (non-hydrogen) atoms. The molecule has 0 saturated carbocycles. The van der Waals surface area contributed by atoms with Gasteiger partial charge in [0, 0.05) is 32.4 Å². The number of carbonyl (C=O) groups is 1. The lowest BCUT2D eigenvalue weighted by Gasteiger charge is -2.35. The highest BCUT2D eigenvalue weighted by molar-refractivity contribution is 5.97. The van der Waals surface area contributed by atoms with E-state index in [-0.39, 0.29) is 11.5 Å². The highest BCUT2D eigenvalue weighted by Crippen LogP contribution is 2.23. The van der Waals surface area contributed by atoms with Crippen LogP contribution in [0.15, 0.2) is 42.1 Å². The van der Waals surface area contributed by atoms with Crippen LogP contribution in [0.5, 0.6) is 0 Å². The Morgan fingerprint density at radius 3 is 2.39 bits per heavy atom. The number of likely N-dealkylation sites (tertiary alicyclic amines) is 2. The number of nitrogens with zero attached hydrogens (tertiary/aromatic N) is 4. The fourth-order valence-corrected chi connectivity index (χ4v) is 4.30. The van der Waals surface area contributed by atoms with Crippen LogP contribution in [-0.4, -0.2) is 66.9 Å². The molecule has 5 nitrogen and oxygen atoms in total. The van der Waals surface area contributed by atoms with E-state index in [1.54, 1.807) is 6.20 Å². The first-order valence-electron chi connectivity index (χ1n) is 10.4. The lowest BCUT2D eigenvalue weighted by atomic mass is 9.90. The van der Waals surface area contributed by atoms with E-state index < -0.39 is 0 Å². The van der Waals surface area contributed by atoms with Crippen LogP contribution in [0.4, 0.5) is 0 Å². The predicted molar refractivity (Wildman–Crippen MR) is 111 cm³/mol. The molecule has 3 rings (SSSR count). The van der Waals surface area contributed by atoms with E-state index in [1.807, 2.05) is 18.0 Å². The van der Waals surface area contributed by atoms with Gasteiger partial charge >= 0.3 is 0 Å². The van der Waals surface area contributed by atoms with Gasteiger partial charge in [0.25, 0.3) is 5.91 Å². The molecule has 0 aliphatic carbocycles. The van der Waals surface area contributed by atoms with Gasteiger partial charge in [-0.05, 0) is 63.7 Å². The van der Waals surface area contributed by atoms with Crippen molar-refractivity contribution >= 4 is 5.91 Å². The minimum Gasteiger partial charge on any atom is -0.376 e. The molecular formula is C23H32N4O. The maximum absolute atomic E-state index is 12.9. The van der Waals surface area contributed by atoms with E-state index in [0.717, 1.165) is 58.3 Å². The quantitative estimate of drug-likeness (QED) is 0.582. The second-order valence-corrected chi connectivity index (χ2v) is 8.28. The van der Waals surface area contributed by atoms with E-state index in [1.165, 1.54) is 5.56 Å². The van der Waals surface area contributed by atoms with Crippen molar-refractivity contribution in [1.82, 2.24) is 14.7 Å². The molecule has 1 aromatic carbocycles. The van der Waals surface area contributed by atoms with Crippen LogP contribution in [0, 0.1) is 17.2 Å². The summed E-state index contributed by atoms with van der Waals surface area (Å²) in [5, 5.41) is 9.56. The number of carbonyl (C=O) groups excluding carboxylic acids is 1. The van der Waals surface area contributed by atoms with Crippen molar-refractivity contribution in [3.63, 3.8) is 0 Å². The van der Waals surface area contributed by atoms with Gasteiger partial charge in [0.15, 0.2) is 0 Å². The fraction of sp³-hybridized carbons (Fsp3) is 0.565. The number of hydrogen-bond donors (Lipinski definition) is 0. The Balaban J connectivity index is 1.53. The van der Waals surface area contributed by atoms with Crippen molar-refractivity contribution in [3.05, 3.63) is 47.7 Å². The molecule has 1 aromatic rings. The molecule has 0 radical (unpaired) electrons. The highest BCUT2D eigenvalue weighted by Gasteiger charge is 2.26. The van der Waals surface area contributed by atoms with Gasteiger partial charge in [-0.25, -0.2) is 0 Å². The molecule has 150 valence electrons. The molecule has 2 saturated heterocycles. The monoisotopic (exact) mass is 380 g/mol. The molecule has 2 heterocycles. The lowest BCUT2D eigenvalue weighted by molar-refractivity contribution is -0.128. The zero-order chi connectivity index (χ0) is 19.9. The zero-order valence-electron chi connectivity index (χ0n) is 17.2. The fourth-order valence-electron chi connectivity index (χ4n) is 4.30. The van der Waals surface area contributed by atoms with Gasteiger partial charge in [0.05, 0.1) is 0 Å². The molecule has 2 aliphatic heterocycles. The van der Waals surface area contributed by atoms with E-state index in [0.29, 0.717) is 12.0 Å². The average molecular weight is 381 g/mol. The summed E-state index contributed by atoms with van der Waals surface area (Å²) in [6, 6.07) is 13.1. The second-order valence-electron chi connectivity index (χ2n) is 8.28. The van der Waals surface area contributed by atoms with Gasteiger partial charge in [0.2, 0.25) is 0 Å². The van der Waals surface area contributed by atoms with E-state index in [9.17, 15) is 10.1 Å². The maximum atomic E-state index is 12.9. The maximum Gasteiger partial charge on any atom is 0.266 e. The van der Waals surface area contributed by atoms with Gasteiger partial charge in [-0.1, -0.05) is 30.3 Å². The van der Waals surface area contributed by atoms with Gasteiger partial charge in [-0.3, -0.25) is 4.79 Å². The Morgan fingerprint density at radius 1 is 1.14 bits per heavy atom. The van der Waals surface area contributed by atoms with Crippen LogP contribution >= 0.6 is 0 Å². The summed E-state index contributed by atoms with van der Waals surface area (Å²) in [5.74, 6) is 0.503. The average Bonchev–Trinajstić information content (AvgIpc) is 2.73. The Bertz CT molecular complexity index is 708. The van der Waals surface area contributed by atoms with Gasteiger partial charge in [-0.2, -0.15) is 5.26 Å². The Hall–Kier alpha value is -2.32. The van der Waals surface area contributed by atoms with Crippen LogP contribution in [-0.2, 0) is 11.2 Å². The van der Waals surface area contributed by atoms with Crippen LogP contribution < -0.4 is 0 Å². The zero-order valence-corrected chi connectivity index (χ0v) is 17.2. The van der Waals surface area contributed by atoms with E-state index >= 15 is 0 Å². The van der Waals surface area contributed by atoms with Crippen LogP contribution in [0.1, 0.15) is 31.2 Å². The summed E-state index contributed by atoms with van der Waals surface area (Å²) in [5.41, 5.74) is 1.63. The minimum atomic E-state index is -0.111. The van der Waals surface area contributed by atoms with Crippen LogP contribution in [0.25, 0.3) is 0 Å². The van der Waals surface area contributed by atoms with Crippen molar-refractivity contribution in [2.75, 3.05) is 40.3 Å². The molecule has 1 amide bonds. The number of rotatable bonds is 5. The smallest absolute Gasteiger partial charge is 0.266 e. The summed E-state index contributed by atoms with van der Waals surface area (Å²) in [4.78, 5) is 19.1. The molecular weight excluding hydrogens is 348 g/mol. The second kappa shape index (κ2) is 9.75. The van der Waals surface area contributed by atoms with Crippen molar-refractivity contribution < 1.29 is 4.79 Å². The van der Waals surface area contributed by atoms with Crippen molar-refractivity contribution in [2.45, 2.75) is 38.1 Å². The number of amides is 1. The van der Waals surface area contributed by atoms with Crippen molar-refractivity contribution in [1.29, 1.82) is 5.26 Å². The highest BCUT2D eigenvalue weighted by atomic mass is 16.2. The lowest BCUT2D eigenvalue weighted by Crippen LogP contribution is -2.41. The normalized spacial score (nSPS) is 20.0. The molecule has 2 fully saturated rings. The van der Waals surface area contributed by atoms with Gasteiger partial charge in [-0.15, -0.1) is 0 Å². The molecule has 0 aromatic heterocycles. The number of piperidine rings is 2. The third-order valence-electron chi connectivity index (χ3n) is 6.22. The Morgan fingerprint density at radius 2 is 1.79 bits per heavy atom. The minimum absolute atomic E-state index is 0.111. The van der Waals surface area contributed by atoms with Crippen LogP contribution in [0.2, 0.25) is 0 Å². The number of nitriles is 1. The summed E-state index contributed by atoms with van der Waals surface area (Å²) < 4.78 is 0. The molecule has 0 bridgehead atoms. The SMILES string of the molecule is CN1CCC(N(C)/C=C(/C#N)C(=O)N2CCC(Cc3ccccc3)CC2)CC1. The van der Waals surface area contributed by atoms with E-state index in [4.69, 9.17) is 0 Å². The summed E-state index contributed by atoms with van der Waals surface area (Å²) in [6.07, 6.45) is 6.99. The van der Waals surface area contributed by atoms with Crippen molar-refractivity contribution in [2.24, 2.45) is 5.92 Å². The van der Waals surface area contributed by atoms with E-state index in [2.05, 4.69) is 47.2 Å². The summed E-state index contributed by atoms with van der Waals surface area (Å²) in [7, 11) is 4.13. The van der Waals surface area contributed by atoms with Gasteiger partial charge < -0.3 is 14.7 Å². The first kappa shape index (κ1) is 20.4. The van der Waals surface area contributed by atoms with Crippen molar-refractivity contribution in [3.8, 4) is 6.07 Å². The van der Waals surface area contributed by atoms with Gasteiger partial charge in [0.1, 0.15) is 11.6 Å². The molecule has 0 spiro atoms. The first-order chi connectivity index (χ1) is 13.6. The molecule has 0 unspecified atom stereocenters. The molecule has 2 aliphatic rings. The summed E-state index contributed by atoms with van der Waals surface area (Å²) in [6.45, 7) is 3.61. The Labute approximate surface area is 169 Å². The Kier molecular flexibility index (Phi) is 7.11. The first-order valence-corrected chi connectivity index (χ1v) is 10.4. The third-order valence-corrected chi connectivity index (χ3v) is 6.22. The van der Waals surface area contributed by atoms with Crippen LogP contribution in [0.3, 0.4) is 0 Å². The predicted octanol–water partition coefficient (Wildman–Crippen LogP) is 2.90. The standard InChI is InChI=1S/C23H32N4O/c1-25-12-10-22(11-13-25)26(2)18-21(17-24)23(28)27-14-8-20(9-15-27)16-19-6-4-3-5-7-19/h3-7,18,20,22H,8-16H2,1-2H3/b21-18-. The topological polar surface area (TPSA) is 50.6 Å². The number of benzene rings is 1. The molecule has 5 heteroatoms. The third kappa shape index (κ3) is 5.36. The molecule has 0 atom stereocenters. The number of hydrogen-bond acceptors (Lipinski definition) is 4. The molecule has 0 N–H and O–H groups in total. The summed E-state index contributed by atoms with van der Waals surface area (Å²) >= 11 is 0. The largest absolute Gasteiger partial charge is 0.376 e.